The second kappa shape index (κ2) is 7.76. The number of aryl methyl sites for hydroxylation is 3. The van der Waals surface area contributed by atoms with Gasteiger partial charge in [-0.2, -0.15) is 5.10 Å². The number of alkyl halides is 1. The Balaban J connectivity index is 1.82. The molecule has 160 valence electrons. The van der Waals surface area contributed by atoms with Crippen LogP contribution in [-0.4, -0.2) is 45.6 Å². The van der Waals surface area contributed by atoms with Crippen molar-refractivity contribution in [1.29, 1.82) is 0 Å². The Labute approximate surface area is 193 Å². The monoisotopic (exact) mass is 435 g/mol. The number of benzene rings is 1. The number of hydrogen-bond acceptors (Lipinski definition) is 4. The van der Waals surface area contributed by atoms with Gasteiger partial charge in [-0.1, -0.05) is 35.5 Å². The maximum absolute atomic E-state index is 15.3. The molecule has 0 aliphatic rings. The molecule has 1 atom stereocenters. The van der Waals surface area contributed by atoms with Crippen molar-refractivity contribution in [3.8, 4) is 22.3 Å². The van der Waals surface area contributed by atoms with Crippen LogP contribution in [0.2, 0.25) is 0 Å². The van der Waals surface area contributed by atoms with Crippen molar-refractivity contribution >= 4 is 26.7 Å². The van der Waals surface area contributed by atoms with Crippen LogP contribution >= 0.6 is 0 Å². The third-order valence-corrected chi connectivity index (χ3v) is 5.82. The van der Waals surface area contributed by atoms with E-state index >= 15 is 4.39 Å². The van der Waals surface area contributed by atoms with Gasteiger partial charge in [-0.05, 0) is 25.5 Å². The fraction of sp³-hybridized carbons (Fsp3) is 0.208. The van der Waals surface area contributed by atoms with Crippen LogP contribution in [0, 0.1) is 13.8 Å². The fourth-order valence-electron chi connectivity index (χ4n) is 4.41. The van der Waals surface area contributed by atoms with Crippen LogP contribution in [0.15, 0.2) is 65.7 Å². The second-order valence-corrected chi connectivity index (χ2v) is 8.28. The van der Waals surface area contributed by atoms with E-state index in [-0.39, 0.29) is 0 Å². The van der Waals surface area contributed by atoms with Crippen molar-refractivity contribution in [2.75, 3.05) is 0 Å². The third-order valence-electron chi connectivity index (χ3n) is 5.82. The molecule has 0 saturated heterocycles. The number of nitrogens with zero attached hydrogens (tertiary/aromatic N) is 5. The number of pyridine rings is 1. The van der Waals surface area contributed by atoms with E-state index in [9.17, 15) is 0 Å². The first kappa shape index (κ1) is 21.2. The van der Waals surface area contributed by atoms with Crippen LogP contribution in [0.4, 0.5) is 4.39 Å². The van der Waals surface area contributed by atoms with Gasteiger partial charge >= 0.3 is 0 Å². The Kier molecular flexibility index (Phi) is 5.00. The molecule has 0 N–H and O–H groups in total. The number of aromatic nitrogens is 5. The maximum atomic E-state index is 15.3. The highest BCUT2D eigenvalue weighted by molar-refractivity contribution is 6.39. The molecule has 0 bridgehead atoms. The van der Waals surface area contributed by atoms with Gasteiger partial charge in [-0.25, -0.2) is 0 Å². The summed E-state index contributed by atoms with van der Waals surface area (Å²) in [5, 5.41) is 8.33. The molecule has 5 rings (SSSR count). The smallest absolute Gasteiger partial charge is 0.141 e. The SMILES string of the molecule is [B]C([B])(F)C(c1ccccc1)n1cc(-c2cnn(C)c2)c2ncc(-c3c(C)noc3C)cc21. The Morgan fingerprint density at radius 1 is 1.06 bits per heavy atom. The number of halogens is 1. The molecule has 1 aromatic carbocycles. The molecule has 1 unspecified atom stereocenters. The van der Waals surface area contributed by atoms with Gasteiger partial charge in [0.05, 0.1) is 34.4 Å². The highest BCUT2D eigenvalue weighted by Gasteiger charge is 2.33. The summed E-state index contributed by atoms with van der Waals surface area (Å²) in [6, 6.07) is 10.1. The Morgan fingerprint density at radius 2 is 1.82 bits per heavy atom. The molecule has 0 aliphatic carbocycles. The molecule has 4 radical (unpaired) electrons. The molecule has 0 spiro atoms. The van der Waals surface area contributed by atoms with Gasteiger partial charge in [0.1, 0.15) is 21.5 Å². The van der Waals surface area contributed by atoms with E-state index in [1.54, 1.807) is 33.8 Å². The third kappa shape index (κ3) is 3.67. The minimum absolute atomic E-state index is 0.641. The summed E-state index contributed by atoms with van der Waals surface area (Å²) in [6.07, 6.45) is 7.23. The minimum atomic E-state index is -2.53. The topological polar surface area (TPSA) is 61.7 Å². The van der Waals surface area contributed by atoms with Crippen LogP contribution < -0.4 is 0 Å². The van der Waals surface area contributed by atoms with Gasteiger partial charge in [0.2, 0.25) is 0 Å². The first-order valence-electron chi connectivity index (χ1n) is 10.5. The number of rotatable bonds is 5. The lowest BCUT2D eigenvalue weighted by Crippen LogP contribution is -2.36. The standard InChI is InChI=1S/C24H20B2FN5O/c1-14-21(15(2)33-30-14)17-9-20-22(28-10-17)19(18-11-29-31(3)12-18)13-32(20)23(24(25,26)27)16-7-5-4-6-8-16/h4-13,23H,1-3H3. The summed E-state index contributed by atoms with van der Waals surface area (Å²) < 4.78 is 24.1. The van der Waals surface area contributed by atoms with Crippen LogP contribution in [0.5, 0.6) is 0 Å². The molecule has 33 heavy (non-hydrogen) atoms. The Hall–Kier alpha value is -3.61. The van der Waals surface area contributed by atoms with Crippen molar-refractivity contribution < 1.29 is 8.91 Å². The van der Waals surface area contributed by atoms with Crippen molar-refractivity contribution in [2.45, 2.75) is 25.4 Å². The first-order valence-corrected chi connectivity index (χ1v) is 10.5. The largest absolute Gasteiger partial charge is 0.361 e. The molecule has 6 nitrogen and oxygen atoms in total. The summed E-state index contributed by atoms with van der Waals surface area (Å²) in [7, 11) is 13.6. The molecule has 4 aromatic heterocycles. The molecule has 0 fully saturated rings. The molecule has 4 heterocycles. The van der Waals surface area contributed by atoms with Gasteiger partial charge in [0, 0.05) is 47.9 Å². The average molecular weight is 435 g/mol. The van der Waals surface area contributed by atoms with Crippen molar-refractivity contribution in [1.82, 2.24) is 24.5 Å². The van der Waals surface area contributed by atoms with E-state index in [0.717, 1.165) is 27.9 Å². The Morgan fingerprint density at radius 3 is 2.42 bits per heavy atom. The van der Waals surface area contributed by atoms with Gasteiger partial charge in [0.25, 0.3) is 0 Å². The first-order chi connectivity index (χ1) is 15.7. The van der Waals surface area contributed by atoms with Crippen LogP contribution in [-0.2, 0) is 7.05 Å². The maximum Gasteiger partial charge on any atom is 0.141 e. The molecule has 0 aliphatic heterocycles. The summed E-state index contributed by atoms with van der Waals surface area (Å²) in [6.45, 7) is 3.72. The van der Waals surface area contributed by atoms with E-state index < -0.39 is 11.5 Å². The summed E-state index contributed by atoms with van der Waals surface area (Å²) in [4.78, 5) is 4.75. The highest BCUT2D eigenvalue weighted by Crippen LogP contribution is 2.39. The average Bonchev–Trinajstić information content (AvgIpc) is 3.45. The zero-order valence-electron chi connectivity index (χ0n) is 18.5. The summed E-state index contributed by atoms with van der Waals surface area (Å²) >= 11 is 0. The molecule has 0 amide bonds. The fourth-order valence-corrected chi connectivity index (χ4v) is 4.41. The van der Waals surface area contributed by atoms with E-state index in [0.29, 0.717) is 22.4 Å². The second-order valence-electron chi connectivity index (χ2n) is 8.28. The lowest BCUT2D eigenvalue weighted by Gasteiger charge is -2.31. The van der Waals surface area contributed by atoms with E-state index in [1.807, 2.05) is 57.6 Å². The number of fused-ring (bicyclic) bond motifs is 1. The summed E-state index contributed by atoms with van der Waals surface area (Å²) in [5.41, 5.74) is 3.53. The van der Waals surface area contributed by atoms with E-state index in [4.69, 9.17) is 25.2 Å². The normalized spacial score (nSPS) is 13.0. The van der Waals surface area contributed by atoms with Crippen molar-refractivity contribution in [2.24, 2.45) is 7.05 Å². The minimum Gasteiger partial charge on any atom is -0.361 e. The zero-order valence-corrected chi connectivity index (χ0v) is 18.5. The molecule has 9 heteroatoms. The van der Waals surface area contributed by atoms with Gasteiger partial charge in [0.15, 0.2) is 0 Å². The van der Waals surface area contributed by atoms with Crippen LogP contribution in [0.1, 0.15) is 23.1 Å². The van der Waals surface area contributed by atoms with Gasteiger partial charge < -0.3 is 9.09 Å². The molecule has 0 saturated carbocycles. The van der Waals surface area contributed by atoms with Crippen LogP contribution in [0.25, 0.3) is 33.3 Å². The van der Waals surface area contributed by atoms with E-state index in [1.165, 1.54) is 0 Å². The molecular weight excluding hydrogens is 415 g/mol. The zero-order chi connectivity index (χ0) is 23.3. The van der Waals surface area contributed by atoms with Gasteiger partial charge in [-0.3, -0.25) is 14.1 Å². The number of hydrogen-bond donors (Lipinski definition) is 0. The molecular formula is C24H20B2FN5O. The highest BCUT2D eigenvalue weighted by atomic mass is 19.1. The Bertz CT molecular complexity index is 1430. The van der Waals surface area contributed by atoms with E-state index in [2.05, 4.69) is 10.3 Å². The lowest BCUT2D eigenvalue weighted by molar-refractivity contribution is 0.307. The quantitative estimate of drug-likeness (QED) is 0.388. The summed E-state index contributed by atoms with van der Waals surface area (Å²) in [5.74, 6) is 0.677. The molecule has 5 aromatic rings. The predicted octanol–water partition coefficient (Wildman–Crippen LogP) is 4.26. The van der Waals surface area contributed by atoms with Crippen LogP contribution in [0.3, 0.4) is 0 Å². The van der Waals surface area contributed by atoms with Gasteiger partial charge in [-0.15, -0.1) is 0 Å². The van der Waals surface area contributed by atoms with Crippen molar-refractivity contribution in [3.05, 3.63) is 78.2 Å². The lowest BCUT2D eigenvalue weighted by atomic mass is 9.61. The predicted molar refractivity (Wildman–Crippen MR) is 127 cm³/mol. The van der Waals surface area contributed by atoms with Crippen molar-refractivity contribution in [3.63, 3.8) is 0 Å².